The number of likely N-dealkylation sites (tertiary alicyclic amines) is 1. The summed E-state index contributed by atoms with van der Waals surface area (Å²) in [6.07, 6.45) is 3.29. The number of nitrogens with zero attached hydrogens (tertiary/aromatic N) is 2. The van der Waals surface area contributed by atoms with E-state index < -0.39 is 0 Å². The molecule has 1 fully saturated rings. The lowest BCUT2D eigenvalue weighted by Gasteiger charge is -2.32. The van der Waals surface area contributed by atoms with E-state index in [0.717, 1.165) is 23.3 Å². The van der Waals surface area contributed by atoms with Crippen LogP contribution >= 0.6 is 11.8 Å². The predicted molar refractivity (Wildman–Crippen MR) is 143 cm³/mol. The van der Waals surface area contributed by atoms with E-state index in [2.05, 4.69) is 0 Å². The summed E-state index contributed by atoms with van der Waals surface area (Å²) in [5.74, 6) is 0.391. The summed E-state index contributed by atoms with van der Waals surface area (Å²) < 4.78 is 16.2. The summed E-state index contributed by atoms with van der Waals surface area (Å²) in [5.41, 5.74) is 1.99. The Kier molecular flexibility index (Phi) is 8.43. The topological polar surface area (TPSA) is 85.4 Å². The lowest BCUT2D eigenvalue weighted by atomic mass is 9.97. The number of thioether (sulfide) groups is 1. The van der Waals surface area contributed by atoms with Crippen LogP contribution in [-0.4, -0.2) is 63.1 Å². The van der Waals surface area contributed by atoms with Crippen LogP contribution in [0.1, 0.15) is 42.6 Å². The van der Waals surface area contributed by atoms with Crippen LogP contribution in [0.25, 0.3) is 6.08 Å². The molecule has 1 atom stereocenters. The van der Waals surface area contributed by atoms with Crippen LogP contribution in [0.4, 0.5) is 5.69 Å². The van der Waals surface area contributed by atoms with Gasteiger partial charge < -0.3 is 24.0 Å². The van der Waals surface area contributed by atoms with E-state index in [9.17, 15) is 14.4 Å². The molecule has 0 aromatic heterocycles. The third-order valence-corrected chi connectivity index (χ3v) is 7.49. The Morgan fingerprint density at radius 2 is 1.92 bits per heavy atom. The average Bonchev–Trinajstić information content (AvgIpc) is 2.92. The fourth-order valence-electron chi connectivity index (χ4n) is 4.52. The van der Waals surface area contributed by atoms with Gasteiger partial charge in [-0.2, -0.15) is 0 Å². The molecule has 2 amide bonds. The van der Waals surface area contributed by atoms with Crippen molar-refractivity contribution in [3.05, 3.63) is 52.4 Å². The highest BCUT2D eigenvalue weighted by Gasteiger charge is 2.32. The Morgan fingerprint density at radius 1 is 1.11 bits per heavy atom. The smallest absolute Gasteiger partial charge is 0.310 e. The number of benzene rings is 2. The number of methoxy groups -OCH3 is 1. The van der Waals surface area contributed by atoms with Crippen LogP contribution in [0.5, 0.6) is 11.5 Å². The highest BCUT2D eigenvalue weighted by molar-refractivity contribution is 8.04. The second kappa shape index (κ2) is 11.7. The van der Waals surface area contributed by atoms with E-state index >= 15 is 0 Å². The van der Waals surface area contributed by atoms with E-state index in [1.807, 2.05) is 37.3 Å². The van der Waals surface area contributed by atoms with Crippen molar-refractivity contribution in [3.8, 4) is 11.5 Å². The van der Waals surface area contributed by atoms with Gasteiger partial charge >= 0.3 is 5.97 Å². The lowest BCUT2D eigenvalue weighted by Crippen LogP contribution is -2.43. The van der Waals surface area contributed by atoms with E-state index in [1.165, 1.54) is 11.8 Å². The van der Waals surface area contributed by atoms with Crippen LogP contribution in [-0.2, 0) is 14.3 Å². The first-order chi connectivity index (χ1) is 17.9. The van der Waals surface area contributed by atoms with Crippen LogP contribution in [0.2, 0.25) is 0 Å². The summed E-state index contributed by atoms with van der Waals surface area (Å²) in [4.78, 5) is 43.4. The van der Waals surface area contributed by atoms with Crippen molar-refractivity contribution in [2.45, 2.75) is 31.6 Å². The van der Waals surface area contributed by atoms with Gasteiger partial charge in [0.25, 0.3) is 11.8 Å². The first kappa shape index (κ1) is 26.6. The van der Waals surface area contributed by atoms with E-state index in [1.54, 1.807) is 43.0 Å². The number of ether oxygens (including phenoxy) is 3. The number of anilines is 1. The van der Waals surface area contributed by atoms with E-state index in [0.29, 0.717) is 54.0 Å². The normalized spacial score (nSPS) is 18.4. The zero-order valence-corrected chi connectivity index (χ0v) is 22.4. The first-order valence-electron chi connectivity index (χ1n) is 12.4. The van der Waals surface area contributed by atoms with Gasteiger partial charge in [0.2, 0.25) is 0 Å². The molecule has 0 N–H and O–H groups in total. The molecule has 0 saturated carbocycles. The van der Waals surface area contributed by atoms with E-state index in [-0.39, 0.29) is 23.7 Å². The molecule has 2 aliphatic rings. The number of carbonyl (C=O) groups is 3. The standard InChI is InChI=1S/C28H32N2O6S/c1-5-35-22-11-9-18(14-23(22)34-4)15-25-27(32)29(3)21-16-19(10-12-24(21)37-25)26(31)30-13-7-8-20(17-30)28(33)36-6-2/h9-12,14-16,20H,5-8,13,17H2,1-4H3. The van der Waals surface area contributed by atoms with Gasteiger partial charge in [0.05, 0.1) is 36.8 Å². The van der Waals surface area contributed by atoms with Crippen molar-refractivity contribution in [2.24, 2.45) is 5.92 Å². The lowest BCUT2D eigenvalue weighted by molar-refractivity contribution is -0.149. The molecular weight excluding hydrogens is 492 g/mol. The molecule has 0 bridgehead atoms. The second-order valence-corrected chi connectivity index (χ2v) is 9.93. The van der Waals surface area contributed by atoms with Gasteiger partial charge in [-0.3, -0.25) is 14.4 Å². The molecule has 0 radical (unpaired) electrons. The van der Waals surface area contributed by atoms with Gasteiger partial charge in [-0.05, 0) is 68.7 Å². The molecule has 2 heterocycles. The summed E-state index contributed by atoms with van der Waals surface area (Å²) in [7, 11) is 3.29. The van der Waals surface area contributed by atoms with E-state index in [4.69, 9.17) is 14.2 Å². The molecular formula is C28H32N2O6S. The predicted octanol–water partition coefficient (Wildman–Crippen LogP) is 4.62. The number of amides is 2. The fraction of sp³-hybridized carbons (Fsp3) is 0.393. The van der Waals surface area contributed by atoms with Gasteiger partial charge in [-0.25, -0.2) is 0 Å². The van der Waals surface area contributed by atoms with Crippen molar-refractivity contribution < 1.29 is 28.6 Å². The summed E-state index contributed by atoms with van der Waals surface area (Å²) in [6, 6.07) is 11.0. The Bertz CT molecular complexity index is 1230. The van der Waals surface area contributed by atoms with Gasteiger partial charge in [-0.1, -0.05) is 17.8 Å². The Morgan fingerprint density at radius 3 is 2.65 bits per heavy atom. The molecule has 0 aliphatic carbocycles. The summed E-state index contributed by atoms with van der Waals surface area (Å²) in [5, 5.41) is 0. The third-order valence-electron chi connectivity index (χ3n) is 6.42. The van der Waals surface area contributed by atoms with Crippen molar-refractivity contribution in [2.75, 3.05) is 45.4 Å². The highest BCUT2D eigenvalue weighted by atomic mass is 32.2. The van der Waals surface area contributed by atoms with Crippen LogP contribution < -0.4 is 14.4 Å². The van der Waals surface area contributed by atoms with Crippen LogP contribution in [0, 0.1) is 5.92 Å². The number of fused-ring (bicyclic) bond motifs is 1. The molecule has 9 heteroatoms. The summed E-state index contributed by atoms with van der Waals surface area (Å²) in [6.45, 7) is 5.48. The van der Waals surface area contributed by atoms with Gasteiger partial charge in [0, 0.05) is 30.6 Å². The molecule has 1 unspecified atom stereocenters. The molecule has 8 nitrogen and oxygen atoms in total. The second-order valence-electron chi connectivity index (χ2n) is 8.84. The number of likely N-dealkylation sites (N-methyl/N-ethyl adjacent to an activating group) is 1. The quantitative estimate of drug-likeness (QED) is 0.386. The maximum Gasteiger partial charge on any atom is 0.310 e. The molecule has 2 aromatic carbocycles. The number of esters is 1. The fourth-order valence-corrected chi connectivity index (χ4v) is 5.62. The minimum Gasteiger partial charge on any atom is -0.493 e. The summed E-state index contributed by atoms with van der Waals surface area (Å²) >= 11 is 1.37. The van der Waals surface area contributed by atoms with Crippen LogP contribution in [0.3, 0.4) is 0 Å². The third kappa shape index (κ3) is 5.77. The SMILES string of the molecule is CCOC(=O)C1CCCN(C(=O)c2ccc3c(c2)N(C)C(=O)C(=Cc2ccc(OCC)c(OC)c2)S3)C1. The molecule has 196 valence electrons. The van der Waals surface area contributed by atoms with Gasteiger partial charge in [0.15, 0.2) is 11.5 Å². The Balaban J connectivity index is 1.54. The Labute approximate surface area is 221 Å². The van der Waals surface area contributed by atoms with Crippen molar-refractivity contribution >= 4 is 41.3 Å². The number of rotatable bonds is 7. The molecule has 0 spiro atoms. The Hall–Kier alpha value is -3.46. The number of carbonyl (C=O) groups excluding carboxylic acids is 3. The van der Waals surface area contributed by atoms with Gasteiger partial charge in [0.1, 0.15) is 0 Å². The van der Waals surface area contributed by atoms with Crippen molar-refractivity contribution in [3.63, 3.8) is 0 Å². The highest BCUT2D eigenvalue weighted by Crippen LogP contribution is 2.42. The molecule has 2 aromatic rings. The molecule has 2 aliphatic heterocycles. The largest absolute Gasteiger partial charge is 0.493 e. The van der Waals surface area contributed by atoms with Crippen molar-refractivity contribution in [1.82, 2.24) is 4.90 Å². The van der Waals surface area contributed by atoms with Gasteiger partial charge in [-0.15, -0.1) is 0 Å². The first-order valence-corrected chi connectivity index (χ1v) is 13.3. The minimum atomic E-state index is -0.302. The monoisotopic (exact) mass is 524 g/mol. The molecule has 4 rings (SSSR count). The minimum absolute atomic E-state index is 0.148. The number of hydrogen-bond donors (Lipinski definition) is 0. The maximum absolute atomic E-state index is 13.3. The number of hydrogen-bond acceptors (Lipinski definition) is 7. The zero-order valence-electron chi connectivity index (χ0n) is 21.6. The van der Waals surface area contributed by atoms with Crippen LogP contribution in [0.15, 0.2) is 46.2 Å². The average molecular weight is 525 g/mol. The molecule has 37 heavy (non-hydrogen) atoms. The molecule has 1 saturated heterocycles. The number of piperidine rings is 1. The zero-order chi connectivity index (χ0) is 26.5. The van der Waals surface area contributed by atoms with Crippen molar-refractivity contribution in [1.29, 1.82) is 0 Å². The maximum atomic E-state index is 13.3.